The number of carbonyl (C=O) groups is 1. The summed E-state index contributed by atoms with van der Waals surface area (Å²) in [4.78, 5) is 23.0. The molecular formula is C15H11ClN2O5. The Hall–Kier alpha value is -2.80. The molecule has 2 aromatic rings. The van der Waals surface area contributed by atoms with Crippen LogP contribution in [0.25, 0.3) is 0 Å². The maximum Gasteiger partial charge on any atom is 0.285 e. The molecule has 1 N–H and O–H groups in total. The predicted molar refractivity (Wildman–Crippen MR) is 83.4 cm³/mol. The highest BCUT2D eigenvalue weighted by molar-refractivity contribution is 6.34. The van der Waals surface area contributed by atoms with Gasteiger partial charge < -0.3 is 14.8 Å². The summed E-state index contributed by atoms with van der Waals surface area (Å²) >= 11 is 6.09. The minimum atomic E-state index is -0.624. The molecule has 0 aliphatic carbocycles. The second-order valence-corrected chi connectivity index (χ2v) is 5.27. The highest BCUT2D eigenvalue weighted by Gasteiger charge is 2.24. The van der Waals surface area contributed by atoms with Gasteiger partial charge in [-0.1, -0.05) is 23.7 Å². The van der Waals surface area contributed by atoms with Gasteiger partial charge in [0.2, 0.25) is 6.79 Å². The monoisotopic (exact) mass is 334 g/mol. The zero-order valence-corrected chi connectivity index (χ0v) is 12.7. The molecule has 0 atom stereocenters. The Labute approximate surface area is 135 Å². The molecule has 0 aromatic heterocycles. The highest BCUT2D eigenvalue weighted by atomic mass is 35.5. The summed E-state index contributed by atoms with van der Waals surface area (Å²) in [7, 11) is 0. The minimum absolute atomic E-state index is 0.0382. The van der Waals surface area contributed by atoms with Gasteiger partial charge in [0.15, 0.2) is 11.5 Å². The molecule has 0 fully saturated rings. The number of nitro groups is 1. The fraction of sp³-hybridized carbons (Fsp3) is 0.133. The summed E-state index contributed by atoms with van der Waals surface area (Å²) in [6, 6.07) is 7.58. The highest BCUT2D eigenvalue weighted by Crippen LogP contribution is 2.39. The third-order valence-corrected chi connectivity index (χ3v) is 3.69. The quantitative estimate of drug-likeness (QED) is 0.684. The number of rotatable bonds is 3. The number of anilines is 1. The molecule has 1 heterocycles. The van der Waals surface area contributed by atoms with E-state index in [0.717, 1.165) is 0 Å². The number of hydrogen-bond donors (Lipinski definition) is 1. The lowest BCUT2D eigenvalue weighted by molar-refractivity contribution is -0.385. The van der Waals surface area contributed by atoms with E-state index >= 15 is 0 Å². The predicted octanol–water partition coefficient (Wildman–Crippen LogP) is 3.54. The zero-order valence-electron chi connectivity index (χ0n) is 12.0. The van der Waals surface area contributed by atoms with Crippen LogP contribution < -0.4 is 14.8 Å². The minimum Gasteiger partial charge on any atom is -0.454 e. The van der Waals surface area contributed by atoms with Crippen molar-refractivity contribution in [2.45, 2.75) is 6.92 Å². The molecule has 1 aliphatic heterocycles. The van der Waals surface area contributed by atoms with E-state index in [1.165, 1.54) is 18.2 Å². The maximum atomic E-state index is 12.4. The molecule has 0 radical (unpaired) electrons. The van der Waals surface area contributed by atoms with Crippen LogP contribution in [-0.4, -0.2) is 17.6 Å². The molecule has 0 spiro atoms. The second kappa shape index (κ2) is 5.77. The van der Waals surface area contributed by atoms with E-state index in [4.69, 9.17) is 21.1 Å². The number of amides is 1. The molecule has 1 aliphatic rings. The summed E-state index contributed by atoms with van der Waals surface area (Å²) < 4.78 is 10.4. The number of halogens is 1. The lowest BCUT2D eigenvalue weighted by atomic mass is 10.1. The number of nitrogens with one attached hydrogen (secondary N) is 1. The summed E-state index contributed by atoms with van der Waals surface area (Å²) in [5, 5.41) is 14.0. The van der Waals surface area contributed by atoms with Gasteiger partial charge in [0.1, 0.15) is 5.56 Å². The van der Waals surface area contributed by atoms with Crippen LogP contribution in [0.2, 0.25) is 5.02 Å². The van der Waals surface area contributed by atoms with E-state index in [0.29, 0.717) is 17.1 Å². The first-order valence-corrected chi connectivity index (χ1v) is 6.99. The number of nitrogens with zero attached hydrogens (tertiary/aromatic N) is 1. The number of hydrogen-bond acceptors (Lipinski definition) is 5. The molecular weight excluding hydrogens is 324 g/mol. The largest absolute Gasteiger partial charge is 0.454 e. The lowest BCUT2D eigenvalue weighted by Gasteiger charge is -2.09. The fourth-order valence-electron chi connectivity index (χ4n) is 2.29. The van der Waals surface area contributed by atoms with Crippen molar-refractivity contribution in [1.82, 2.24) is 0 Å². The van der Waals surface area contributed by atoms with Crippen LogP contribution in [0.15, 0.2) is 30.3 Å². The van der Waals surface area contributed by atoms with Gasteiger partial charge in [0, 0.05) is 17.7 Å². The van der Waals surface area contributed by atoms with Crippen LogP contribution in [-0.2, 0) is 0 Å². The van der Waals surface area contributed by atoms with E-state index in [2.05, 4.69) is 5.32 Å². The van der Waals surface area contributed by atoms with E-state index < -0.39 is 10.8 Å². The Balaban J connectivity index is 1.95. The van der Waals surface area contributed by atoms with Crippen molar-refractivity contribution in [2.75, 3.05) is 12.1 Å². The summed E-state index contributed by atoms with van der Waals surface area (Å²) in [5.41, 5.74) is 0.418. The SMILES string of the molecule is Cc1cccc(C(=O)Nc2cc3c(cc2Cl)OCO3)c1[N+](=O)[O-]. The van der Waals surface area contributed by atoms with Gasteiger partial charge in [-0.05, 0) is 13.0 Å². The Morgan fingerprint density at radius 1 is 1.30 bits per heavy atom. The van der Waals surface area contributed by atoms with Crippen molar-refractivity contribution in [3.63, 3.8) is 0 Å². The van der Waals surface area contributed by atoms with Crippen LogP contribution in [0, 0.1) is 17.0 Å². The average Bonchev–Trinajstić information content (AvgIpc) is 2.93. The molecule has 0 saturated carbocycles. The zero-order chi connectivity index (χ0) is 16.6. The molecule has 1 amide bonds. The van der Waals surface area contributed by atoms with Crippen molar-refractivity contribution >= 4 is 28.9 Å². The normalized spacial score (nSPS) is 12.1. The molecule has 8 heteroatoms. The van der Waals surface area contributed by atoms with Gasteiger partial charge in [0.05, 0.1) is 15.6 Å². The topological polar surface area (TPSA) is 90.7 Å². The smallest absolute Gasteiger partial charge is 0.285 e. The third-order valence-electron chi connectivity index (χ3n) is 3.38. The molecule has 3 rings (SSSR count). The van der Waals surface area contributed by atoms with Crippen LogP contribution in [0.1, 0.15) is 15.9 Å². The van der Waals surface area contributed by atoms with Gasteiger partial charge in [-0.25, -0.2) is 0 Å². The summed E-state index contributed by atoms with van der Waals surface area (Å²) in [5.74, 6) is 0.305. The fourth-order valence-corrected chi connectivity index (χ4v) is 2.49. The Kier molecular flexibility index (Phi) is 3.79. The van der Waals surface area contributed by atoms with Gasteiger partial charge >= 0.3 is 0 Å². The average molecular weight is 335 g/mol. The summed E-state index contributed by atoms with van der Waals surface area (Å²) in [6.07, 6.45) is 0. The van der Waals surface area contributed by atoms with Crippen molar-refractivity contribution in [3.8, 4) is 11.5 Å². The molecule has 0 unspecified atom stereocenters. The van der Waals surface area contributed by atoms with E-state index in [1.807, 2.05) is 0 Å². The molecule has 7 nitrogen and oxygen atoms in total. The molecule has 0 saturated heterocycles. The lowest BCUT2D eigenvalue weighted by Crippen LogP contribution is -2.14. The molecule has 2 aromatic carbocycles. The molecule has 0 bridgehead atoms. The van der Waals surface area contributed by atoms with Crippen LogP contribution in [0.4, 0.5) is 11.4 Å². The number of ether oxygens (including phenoxy) is 2. The van der Waals surface area contributed by atoms with Crippen molar-refractivity contribution < 1.29 is 19.2 Å². The first kappa shape index (κ1) is 15.1. The second-order valence-electron chi connectivity index (χ2n) is 4.87. The summed E-state index contributed by atoms with van der Waals surface area (Å²) in [6.45, 7) is 1.65. The van der Waals surface area contributed by atoms with Gasteiger partial charge in [-0.15, -0.1) is 0 Å². The maximum absolute atomic E-state index is 12.4. The van der Waals surface area contributed by atoms with Crippen LogP contribution in [0.3, 0.4) is 0 Å². The number of aryl methyl sites for hydroxylation is 1. The van der Waals surface area contributed by atoms with Gasteiger partial charge in [-0.2, -0.15) is 0 Å². The van der Waals surface area contributed by atoms with Gasteiger partial charge in [0.25, 0.3) is 11.6 Å². The molecule has 23 heavy (non-hydrogen) atoms. The Bertz CT molecular complexity index is 822. The van der Waals surface area contributed by atoms with E-state index in [-0.39, 0.29) is 28.8 Å². The van der Waals surface area contributed by atoms with Crippen LogP contribution >= 0.6 is 11.6 Å². The third kappa shape index (κ3) is 2.78. The number of benzene rings is 2. The Morgan fingerprint density at radius 3 is 2.70 bits per heavy atom. The van der Waals surface area contributed by atoms with Crippen molar-refractivity contribution in [3.05, 3.63) is 56.6 Å². The number of para-hydroxylation sites is 1. The number of fused-ring (bicyclic) bond motifs is 1. The first-order chi connectivity index (χ1) is 11.0. The van der Waals surface area contributed by atoms with Crippen molar-refractivity contribution in [2.24, 2.45) is 0 Å². The van der Waals surface area contributed by atoms with Crippen LogP contribution in [0.5, 0.6) is 11.5 Å². The van der Waals surface area contributed by atoms with Gasteiger partial charge in [-0.3, -0.25) is 14.9 Å². The Morgan fingerprint density at radius 2 is 2.00 bits per heavy atom. The van der Waals surface area contributed by atoms with Crippen molar-refractivity contribution in [1.29, 1.82) is 0 Å². The standard InChI is InChI=1S/C15H11ClN2O5/c1-8-3-2-4-9(14(8)18(20)21)15(19)17-11-6-13-12(5-10(11)16)22-7-23-13/h2-6H,7H2,1H3,(H,17,19). The molecule has 118 valence electrons. The number of nitro benzene ring substituents is 1. The number of carbonyl (C=O) groups excluding carboxylic acids is 1. The first-order valence-electron chi connectivity index (χ1n) is 6.62. The van der Waals surface area contributed by atoms with E-state index in [1.54, 1.807) is 19.1 Å². The van der Waals surface area contributed by atoms with E-state index in [9.17, 15) is 14.9 Å².